The molecular weight excluding hydrogens is 422 g/mol. The molecule has 33 heavy (non-hydrogen) atoms. The Labute approximate surface area is 193 Å². The monoisotopic (exact) mass is 459 g/mol. The van der Waals surface area contributed by atoms with Gasteiger partial charge in [-0.1, -0.05) is 26.7 Å². The Morgan fingerprint density at radius 1 is 1.12 bits per heavy atom. The molecule has 2 fully saturated rings. The lowest BCUT2D eigenvalue weighted by atomic mass is 9.84. The summed E-state index contributed by atoms with van der Waals surface area (Å²) in [4.78, 5) is 44.1. The number of nitrogens with one attached hydrogen (secondary N) is 1. The van der Waals surface area contributed by atoms with Gasteiger partial charge in [0.1, 0.15) is 19.0 Å². The molecule has 2 bridgehead atoms. The number of aliphatic hydroxyl groups excluding tert-OH is 1. The van der Waals surface area contributed by atoms with Crippen LogP contribution >= 0.6 is 0 Å². The second kappa shape index (κ2) is 9.83. The summed E-state index contributed by atoms with van der Waals surface area (Å²) in [6.45, 7) is 6.32. The number of aromatic nitrogens is 4. The summed E-state index contributed by atoms with van der Waals surface area (Å²) in [5, 5.41) is 12.9. The molecule has 0 saturated heterocycles. The highest BCUT2D eigenvalue weighted by Crippen LogP contribution is 2.49. The van der Waals surface area contributed by atoms with Crippen LogP contribution in [0.3, 0.4) is 0 Å². The SMILES string of the molecule is CCCCn1c(=O)n(CC(=O)N[C@@H](C)[C@@H]2C[C@H]3CC[C@H]2C3)c(=O)c2c1nc(CO)n2CCC. The number of rotatable bonds is 10. The van der Waals surface area contributed by atoms with Crippen LogP contribution in [-0.4, -0.2) is 35.7 Å². The molecule has 9 heteroatoms. The minimum atomic E-state index is -0.522. The molecule has 2 saturated carbocycles. The number of aliphatic hydroxyl groups is 1. The average Bonchev–Trinajstić information content (AvgIpc) is 3.51. The number of aryl methyl sites for hydroxylation is 2. The van der Waals surface area contributed by atoms with Crippen LogP contribution in [0.25, 0.3) is 11.2 Å². The number of unbranched alkanes of at least 4 members (excludes halogenated alkanes) is 1. The van der Waals surface area contributed by atoms with Crippen LogP contribution in [0.15, 0.2) is 9.59 Å². The van der Waals surface area contributed by atoms with Gasteiger partial charge in [0.05, 0.1) is 0 Å². The molecule has 0 unspecified atom stereocenters. The molecule has 0 aromatic carbocycles. The molecular formula is C24H37N5O4. The fourth-order valence-electron chi connectivity index (χ4n) is 6.03. The van der Waals surface area contributed by atoms with Crippen molar-refractivity contribution in [3.05, 3.63) is 26.7 Å². The Morgan fingerprint density at radius 2 is 1.91 bits per heavy atom. The number of amides is 1. The van der Waals surface area contributed by atoms with Gasteiger partial charge in [0, 0.05) is 19.1 Å². The lowest BCUT2D eigenvalue weighted by Crippen LogP contribution is -2.47. The van der Waals surface area contributed by atoms with Crippen LogP contribution in [0.5, 0.6) is 0 Å². The maximum absolute atomic E-state index is 13.4. The highest BCUT2D eigenvalue weighted by molar-refractivity contribution is 5.77. The highest BCUT2D eigenvalue weighted by atomic mass is 16.3. The molecule has 2 heterocycles. The van der Waals surface area contributed by atoms with E-state index in [2.05, 4.69) is 10.3 Å². The van der Waals surface area contributed by atoms with E-state index in [1.807, 2.05) is 20.8 Å². The normalized spacial score (nSPS) is 22.8. The first-order chi connectivity index (χ1) is 15.9. The molecule has 9 nitrogen and oxygen atoms in total. The lowest BCUT2D eigenvalue weighted by Gasteiger charge is -2.28. The highest BCUT2D eigenvalue weighted by Gasteiger charge is 2.42. The molecule has 4 atom stereocenters. The van der Waals surface area contributed by atoms with E-state index in [-0.39, 0.29) is 30.6 Å². The number of nitrogens with zero attached hydrogens (tertiary/aromatic N) is 4. The standard InChI is InChI=1S/C24H37N5O4/c1-4-6-10-28-22-21(27(9-5-2)19(14-30)26-22)23(32)29(24(28)33)13-20(31)25-15(3)18-12-16-7-8-17(18)11-16/h15-18,30H,4-14H2,1-3H3,(H,25,31)/t15-,16-,17-,18-/m0/s1. The molecule has 2 aliphatic rings. The van der Waals surface area contributed by atoms with Gasteiger partial charge in [-0.3, -0.25) is 14.2 Å². The van der Waals surface area contributed by atoms with Gasteiger partial charge in [0.15, 0.2) is 11.2 Å². The van der Waals surface area contributed by atoms with Gasteiger partial charge in [-0.2, -0.15) is 0 Å². The maximum Gasteiger partial charge on any atom is 0.333 e. The van der Waals surface area contributed by atoms with Crippen molar-refractivity contribution in [1.82, 2.24) is 24.0 Å². The van der Waals surface area contributed by atoms with Gasteiger partial charge < -0.3 is 15.0 Å². The molecule has 0 radical (unpaired) electrons. The van der Waals surface area contributed by atoms with Crippen LogP contribution in [-0.2, 0) is 31.0 Å². The van der Waals surface area contributed by atoms with E-state index in [9.17, 15) is 19.5 Å². The summed E-state index contributed by atoms with van der Waals surface area (Å²) in [7, 11) is 0. The number of carbonyl (C=O) groups is 1. The van der Waals surface area contributed by atoms with Crippen LogP contribution in [0.4, 0.5) is 0 Å². The van der Waals surface area contributed by atoms with E-state index in [4.69, 9.17) is 0 Å². The van der Waals surface area contributed by atoms with Crippen molar-refractivity contribution in [2.45, 2.75) is 98.0 Å². The van der Waals surface area contributed by atoms with Crippen LogP contribution in [0.1, 0.15) is 71.5 Å². The van der Waals surface area contributed by atoms with Gasteiger partial charge in [0.2, 0.25) is 5.91 Å². The van der Waals surface area contributed by atoms with E-state index < -0.39 is 11.2 Å². The summed E-state index contributed by atoms with van der Waals surface area (Å²) in [6.07, 6.45) is 7.32. The van der Waals surface area contributed by atoms with Gasteiger partial charge in [0.25, 0.3) is 5.56 Å². The lowest BCUT2D eigenvalue weighted by molar-refractivity contribution is -0.122. The Bertz CT molecular complexity index is 1130. The van der Waals surface area contributed by atoms with E-state index >= 15 is 0 Å². The molecule has 2 aromatic rings. The second-order valence-corrected chi connectivity index (χ2v) is 9.88. The zero-order valence-electron chi connectivity index (χ0n) is 20.0. The third-order valence-electron chi connectivity index (χ3n) is 7.64. The van der Waals surface area contributed by atoms with Crippen molar-refractivity contribution >= 4 is 17.1 Å². The number of carbonyl (C=O) groups excluding carboxylic acids is 1. The predicted molar refractivity (Wildman–Crippen MR) is 126 cm³/mol. The average molecular weight is 460 g/mol. The van der Waals surface area contributed by atoms with Crippen LogP contribution < -0.4 is 16.6 Å². The number of imidazole rings is 1. The first kappa shape index (κ1) is 23.7. The van der Waals surface area contributed by atoms with Gasteiger partial charge in [-0.15, -0.1) is 0 Å². The van der Waals surface area contributed by atoms with Gasteiger partial charge >= 0.3 is 5.69 Å². The maximum atomic E-state index is 13.4. The minimum absolute atomic E-state index is 0.0289. The van der Waals surface area contributed by atoms with Crippen LogP contribution in [0, 0.1) is 17.8 Å². The van der Waals surface area contributed by atoms with Crippen molar-refractivity contribution in [2.75, 3.05) is 0 Å². The van der Waals surface area contributed by atoms with Crippen molar-refractivity contribution in [3.63, 3.8) is 0 Å². The first-order valence-corrected chi connectivity index (χ1v) is 12.5. The number of hydrogen-bond donors (Lipinski definition) is 2. The summed E-state index contributed by atoms with van der Waals surface area (Å²) in [5.41, 5.74) is -0.464. The largest absolute Gasteiger partial charge is 0.388 e. The fourth-order valence-corrected chi connectivity index (χ4v) is 6.03. The Morgan fingerprint density at radius 3 is 2.52 bits per heavy atom. The smallest absolute Gasteiger partial charge is 0.333 e. The quantitative estimate of drug-likeness (QED) is 0.565. The van der Waals surface area contributed by atoms with E-state index in [0.717, 1.165) is 36.2 Å². The summed E-state index contributed by atoms with van der Waals surface area (Å²) in [6, 6.07) is 0.0289. The molecule has 2 N–H and O–H groups in total. The van der Waals surface area contributed by atoms with Gasteiger partial charge in [-0.05, 0) is 56.8 Å². The van der Waals surface area contributed by atoms with Crippen molar-refractivity contribution in [3.8, 4) is 0 Å². The Balaban J connectivity index is 1.67. The van der Waals surface area contributed by atoms with Crippen molar-refractivity contribution < 1.29 is 9.90 Å². The van der Waals surface area contributed by atoms with E-state index in [0.29, 0.717) is 36.4 Å². The Kier molecular flexibility index (Phi) is 7.07. The van der Waals surface area contributed by atoms with E-state index in [1.165, 1.54) is 23.8 Å². The summed E-state index contributed by atoms with van der Waals surface area (Å²) >= 11 is 0. The molecule has 0 spiro atoms. The Hall–Kier alpha value is -2.42. The second-order valence-electron chi connectivity index (χ2n) is 9.88. The van der Waals surface area contributed by atoms with Crippen LogP contribution in [0.2, 0.25) is 0 Å². The number of hydrogen-bond acceptors (Lipinski definition) is 5. The third kappa shape index (κ3) is 4.39. The zero-order chi connectivity index (χ0) is 23.7. The molecule has 2 aromatic heterocycles. The predicted octanol–water partition coefficient (Wildman–Crippen LogP) is 2.00. The summed E-state index contributed by atoms with van der Waals surface area (Å²) < 4.78 is 4.21. The molecule has 1 amide bonds. The molecule has 4 rings (SSSR count). The number of fused-ring (bicyclic) bond motifs is 3. The summed E-state index contributed by atoms with van der Waals surface area (Å²) in [5.74, 6) is 1.99. The fraction of sp³-hybridized carbons (Fsp3) is 0.750. The van der Waals surface area contributed by atoms with Crippen molar-refractivity contribution in [2.24, 2.45) is 17.8 Å². The zero-order valence-corrected chi connectivity index (χ0v) is 20.0. The van der Waals surface area contributed by atoms with Gasteiger partial charge in [-0.25, -0.2) is 14.3 Å². The van der Waals surface area contributed by atoms with Crippen molar-refractivity contribution in [1.29, 1.82) is 0 Å². The topological polar surface area (TPSA) is 111 Å². The first-order valence-electron chi connectivity index (χ1n) is 12.5. The molecule has 182 valence electrons. The molecule has 2 aliphatic carbocycles. The third-order valence-corrected chi connectivity index (χ3v) is 7.64. The van der Waals surface area contributed by atoms with E-state index in [1.54, 1.807) is 4.57 Å². The minimum Gasteiger partial charge on any atom is -0.388 e. The molecule has 0 aliphatic heterocycles.